The Kier molecular flexibility index (Phi) is 6.88. The van der Waals surface area contributed by atoms with Gasteiger partial charge < -0.3 is 15.1 Å². The van der Waals surface area contributed by atoms with Crippen LogP contribution >= 0.6 is 0 Å². The molecule has 0 spiro atoms. The Hall–Kier alpha value is -1.20. The van der Waals surface area contributed by atoms with E-state index in [1.165, 1.54) is 0 Å². The summed E-state index contributed by atoms with van der Waals surface area (Å²) in [5, 5.41) is 3.15. The molecule has 5 heteroatoms. The van der Waals surface area contributed by atoms with Crippen molar-refractivity contribution in [1.29, 1.82) is 0 Å². The number of rotatable bonds is 8. The molecule has 1 aromatic rings. The van der Waals surface area contributed by atoms with Crippen LogP contribution in [0.25, 0.3) is 0 Å². The van der Waals surface area contributed by atoms with Crippen molar-refractivity contribution in [2.24, 2.45) is 5.92 Å². The van der Waals surface area contributed by atoms with E-state index in [1.54, 1.807) is 0 Å². The van der Waals surface area contributed by atoms with Crippen LogP contribution in [0.5, 0.6) is 0 Å². The molecule has 20 heavy (non-hydrogen) atoms. The van der Waals surface area contributed by atoms with Crippen molar-refractivity contribution >= 4 is 5.95 Å². The second kappa shape index (κ2) is 8.17. The lowest BCUT2D eigenvalue weighted by Gasteiger charge is -2.26. The van der Waals surface area contributed by atoms with Crippen molar-refractivity contribution in [2.75, 3.05) is 45.7 Å². The number of aromatic nitrogens is 2. The van der Waals surface area contributed by atoms with Crippen LogP contribution in [0.15, 0.2) is 6.20 Å². The lowest BCUT2D eigenvalue weighted by Crippen LogP contribution is -2.35. The fourth-order valence-corrected chi connectivity index (χ4v) is 2.03. The summed E-state index contributed by atoms with van der Waals surface area (Å²) in [6.07, 6.45) is 1.94. The predicted octanol–water partition coefficient (Wildman–Crippen LogP) is 1.53. The van der Waals surface area contributed by atoms with Gasteiger partial charge in [0.25, 0.3) is 0 Å². The van der Waals surface area contributed by atoms with Crippen molar-refractivity contribution < 1.29 is 0 Å². The van der Waals surface area contributed by atoms with Gasteiger partial charge in [0.1, 0.15) is 0 Å². The minimum atomic E-state index is 0.595. The quantitative estimate of drug-likeness (QED) is 0.782. The Balaban J connectivity index is 2.86. The number of aryl methyl sites for hydroxylation is 1. The highest BCUT2D eigenvalue weighted by Gasteiger charge is 2.13. The zero-order valence-electron chi connectivity index (χ0n) is 13.8. The summed E-state index contributed by atoms with van der Waals surface area (Å²) in [6, 6.07) is 0. The molecular weight excluding hydrogens is 250 g/mol. The fourth-order valence-electron chi connectivity index (χ4n) is 2.03. The van der Waals surface area contributed by atoms with E-state index >= 15 is 0 Å². The van der Waals surface area contributed by atoms with Crippen molar-refractivity contribution in [1.82, 2.24) is 20.2 Å². The molecule has 0 aliphatic heterocycles. The third kappa shape index (κ3) is 5.43. The van der Waals surface area contributed by atoms with Crippen LogP contribution < -0.4 is 10.2 Å². The first-order valence-corrected chi connectivity index (χ1v) is 7.30. The number of nitrogens with one attached hydrogen (secondary N) is 1. The van der Waals surface area contributed by atoms with Gasteiger partial charge in [0.05, 0.1) is 0 Å². The topological polar surface area (TPSA) is 44.3 Å². The van der Waals surface area contributed by atoms with Gasteiger partial charge >= 0.3 is 0 Å². The van der Waals surface area contributed by atoms with Gasteiger partial charge in [0.2, 0.25) is 5.95 Å². The largest absolute Gasteiger partial charge is 0.339 e. The highest BCUT2D eigenvalue weighted by molar-refractivity contribution is 5.33. The zero-order valence-corrected chi connectivity index (χ0v) is 13.8. The first-order chi connectivity index (χ1) is 9.43. The van der Waals surface area contributed by atoms with E-state index in [-0.39, 0.29) is 0 Å². The smallest absolute Gasteiger partial charge is 0.225 e. The van der Waals surface area contributed by atoms with Crippen LogP contribution in [-0.4, -0.2) is 55.6 Å². The first-order valence-electron chi connectivity index (χ1n) is 7.30. The number of likely N-dealkylation sites (N-methyl/N-ethyl adjacent to an activating group) is 1. The maximum atomic E-state index is 4.68. The van der Waals surface area contributed by atoms with E-state index in [2.05, 4.69) is 60.0 Å². The summed E-state index contributed by atoms with van der Waals surface area (Å²) >= 11 is 0. The van der Waals surface area contributed by atoms with Crippen molar-refractivity contribution in [2.45, 2.75) is 27.3 Å². The molecule has 0 saturated carbocycles. The molecule has 0 aliphatic rings. The third-order valence-corrected chi connectivity index (χ3v) is 3.12. The number of nitrogens with zero attached hydrogens (tertiary/aromatic N) is 4. The summed E-state index contributed by atoms with van der Waals surface area (Å²) in [4.78, 5) is 13.7. The molecule has 0 aliphatic carbocycles. The van der Waals surface area contributed by atoms with Crippen LogP contribution in [0.3, 0.4) is 0 Å². The number of hydrogen-bond donors (Lipinski definition) is 1. The van der Waals surface area contributed by atoms with E-state index in [9.17, 15) is 0 Å². The summed E-state index contributed by atoms with van der Waals surface area (Å²) in [5.74, 6) is 1.44. The number of anilines is 1. The maximum absolute atomic E-state index is 4.68. The molecule has 0 aromatic carbocycles. The lowest BCUT2D eigenvalue weighted by atomic mass is 10.2. The first kappa shape index (κ1) is 16.9. The standard InChI is InChI=1S/C15H29N5/c1-12(2)11-20(8-7-19(5)6)15-17-10-14(9-16-4)13(3)18-15/h10,12,16H,7-9,11H2,1-6H3. The van der Waals surface area contributed by atoms with Gasteiger partial charge in [-0.1, -0.05) is 13.8 Å². The molecule has 0 saturated heterocycles. The average molecular weight is 279 g/mol. The average Bonchev–Trinajstić information content (AvgIpc) is 2.36. The molecule has 0 unspecified atom stereocenters. The van der Waals surface area contributed by atoms with Crippen molar-refractivity contribution in [3.63, 3.8) is 0 Å². The zero-order chi connectivity index (χ0) is 15.1. The molecule has 5 nitrogen and oxygen atoms in total. The molecule has 1 N–H and O–H groups in total. The van der Waals surface area contributed by atoms with Gasteiger partial charge in [-0.25, -0.2) is 9.97 Å². The normalized spacial score (nSPS) is 11.4. The van der Waals surface area contributed by atoms with E-state index in [0.29, 0.717) is 5.92 Å². The molecule has 0 bridgehead atoms. The van der Waals surface area contributed by atoms with E-state index < -0.39 is 0 Å². The molecule has 0 amide bonds. The van der Waals surface area contributed by atoms with Crippen LogP contribution in [0, 0.1) is 12.8 Å². The molecule has 1 aromatic heterocycles. The summed E-state index contributed by atoms with van der Waals surface area (Å²) in [5.41, 5.74) is 2.22. The van der Waals surface area contributed by atoms with Gasteiger partial charge in [0, 0.05) is 43.6 Å². The molecule has 0 atom stereocenters. The monoisotopic (exact) mass is 279 g/mol. The maximum Gasteiger partial charge on any atom is 0.225 e. The molecular formula is C15H29N5. The minimum Gasteiger partial charge on any atom is -0.339 e. The van der Waals surface area contributed by atoms with Crippen LogP contribution in [-0.2, 0) is 6.54 Å². The van der Waals surface area contributed by atoms with Crippen LogP contribution in [0.2, 0.25) is 0 Å². The highest BCUT2D eigenvalue weighted by Crippen LogP contribution is 2.13. The SMILES string of the molecule is CNCc1cnc(N(CCN(C)C)CC(C)C)nc1C. The van der Waals surface area contributed by atoms with Gasteiger partial charge in [-0.2, -0.15) is 0 Å². The third-order valence-electron chi connectivity index (χ3n) is 3.12. The lowest BCUT2D eigenvalue weighted by molar-refractivity contribution is 0.407. The van der Waals surface area contributed by atoms with E-state index in [0.717, 1.165) is 43.4 Å². The summed E-state index contributed by atoms with van der Waals surface area (Å²) in [7, 11) is 6.13. The molecule has 114 valence electrons. The molecule has 0 radical (unpaired) electrons. The minimum absolute atomic E-state index is 0.595. The summed E-state index contributed by atoms with van der Waals surface area (Å²) in [6.45, 7) is 10.3. The van der Waals surface area contributed by atoms with Gasteiger partial charge in [-0.05, 0) is 34.0 Å². The molecule has 0 fully saturated rings. The Morgan fingerprint density at radius 1 is 1.25 bits per heavy atom. The Labute approximate surface area is 123 Å². The Morgan fingerprint density at radius 3 is 2.45 bits per heavy atom. The highest BCUT2D eigenvalue weighted by atomic mass is 15.3. The van der Waals surface area contributed by atoms with Gasteiger partial charge in [-0.3, -0.25) is 0 Å². The van der Waals surface area contributed by atoms with Crippen LogP contribution in [0.4, 0.5) is 5.95 Å². The molecule has 1 heterocycles. The van der Waals surface area contributed by atoms with E-state index in [1.807, 2.05) is 13.2 Å². The van der Waals surface area contributed by atoms with Gasteiger partial charge in [0.15, 0.2) is 0 Å². The van der Waals surface area contributed by atoms with E-state index in [4.69, 9.17) is 0 Å². The van der Waals surface area contributed by atoms with Crippen molar-refractivity contribution in [3.05, 3.63) is 17.5 Å². The summed E-state index contributed by atoms with van der Waals surface area (Å²) < 4.78 is 0. The second-order valence-corrected chi connectivity index (χ2v) is 5.95. The molecule has 1 rings (SSSR count). The number of hydrogen-bond acceptors (Lipinski definition) is 5. The Bertz CT molecular complexity index is 403. The second-order valence-electron chi connectivity index (χ2n) is 5.95. The fraction of sp³-hybridized carbons (Fsp3) is 0.733. The van der Waals surface area contributed by atoms with Crippen LogP contribution in [0.1, 0.15) is 25.1 Å². The Morgan fingerprint density at radius 2 is 1.95 bits per heavy atom. The van der Waals surface area contributed by atoms with Gasteiger partial charge in [-0.15, -0.1) is 0 Å². The predicted molar refractivity (Wildman–Crippen MR) is 85.1 cm³/mol. The van der Waals surface area contributed by atoms with Crippen molar-refractivity contribution in [3.8, 4) is 0 Å².